The van der Waals surface area contributed by atoms with Crippen LogP contribution in [0.15, 0.2) is 12.1 Å². The first kappa shape index (κ1) is 17.8. The topological polar surface area (TPSA) is 54.0 Å². The zero-order valence-electron chi connectivity index (χ0n) is 13.4. The van der Waals surface area contributed by atoms with Crippen molar-refractivity contribution < 1.29 is 4.79 Å². The lowest BCUT2D eigenvalue weighted by Crippen LogP contribution is -2.33. The number of rotatable bonds is 8. The van der Waals surface area contributed by atoms with Gasteiger partial charge in [0, 0.05) is 12.6 Å². The molecule has 1 atom stereocenters. The molecule has 1 rings (SSSR count). The molecule has 0 aromatic carbocycles. The molecule has 1 heterocycles. The molecule has 0 aliphatic rings. The molecule has 118 valence electrons. The number of halogens is 1. The molecule has 1 aromatic rings. The summed E-state index contributed by atoms with van der Waals surface area (Å²) in [4.78, 5) is 16.6. The van der Waals surface area contributed by atoms with Crippen LogP contribution < -0.4 is 10.6 Å². The van der Waals surface area contributed by atoms with E-state index in [1.165, 1.54) is 0 Å². The number of hydrogen-bond acceptors (Lipinski definition) is 3. The van der Waals surface area contributed by atoms with E-state index in [-0.39, 0.29) is 17.6 Å². The maximum atomic E-state index is 12.3. The number of anilines is 1. The lowest BCUT2D eigenvalue weighted by molar-refractivity contribution is 0.0932. The maximum absolute atomic E-state index is 12.3. The summed E-state index contributed by atoms with van der Waals surface area (Å²) in [6, 6.07) is 3.61. The van der Waals surface area contributed by atoms with Crippen molar-refractivity contribution in [2.24, 2.45) is 5.92 Å². The Morgan fingerprint density at radius 3 is 2.62 bits per heavy atom. The quantitative estimate of drug-likeness (QED) is 0.759. The van der Waals surface area contributed by atoms with Crippen molar-refractivity contribution >= 4 is 23.3 Å². The van der Waals surface area contributed by atoms with Crippen LogP contribution in [0.2, 0.25) is 5.02 Å². The molecule has 0 saturated carbocycles. The highest BCUT2D eigenvalue weighted by Gasteiger charge is 2.15. The zero-order chi connectivity index (χ0) is 15.8. The van der Waals surface area contributed by atoms with E-state index >= 15 is 0 Å². The van der Waals surface area contributed by atoms with E-state index < -0.39 is 0 Å². The third kappa shape index (κ3) is 6.34. The molecule has 0 radical (unpaired) electrons. The molecule has 0 aliphatic heterocycles. The average Bonchev–Trinajstić information content (AvgIpc) is 2.44. The fraction of sp³-hybridized carbons (Fsp3) is 0.625. The summed E-state index contributed by atoms with van der Waals surface area (Å²) in [5.41, 5.74) is 0.286. The van der Waals surface area contributed by atoms with Gasteiger partial charge in [0.05, 0.1) is 5.02 Å². The van der Waals surface area contributed by atoms with Crippen LogP contribution in [0.5, 0.6) is 0 Å². The Labute approximate surface area is 132 Å². The third-order valence-corrected chi connectivity index (χ3v) is 3.48. The molecule has 2 N–H and O–H groups in total. The second-order valence-corrected chi connectivity index (χ2v) is 6.21. The summed E-state index contributed by atoms with van der Waals surface area (Å²) < 4.78 is 0. The van der Waals surface area contributed by atoms with Gasteiger partial charge in [-0.2, -0.15) is 0 Å². The summed E-state index contributed by atoms with van der Waals surface area (Å²) in [5, 5.41) is 6.50. The zero-order valence-corrected chi connectivity index (χ0v) is 14.1. The molecule has 0 spiro atoms. The van der Waals surface area contributed by atoms with E-state index in [9.17, 15) is 4.79 Å². The van der Waals surface area contributed by atoms with Crippen molar-refractivity contribution in [3.8, 4) is 0 Å². The summed E-state index contributed by atoms with van der Waals surface area (Å²) >= 11 is 6.08. The summed E-state index contributed by atoms with van der Waals surface area (Å²) in [6.45, 7) is 9.26. The van der Waals surface area contributed by atoms with Crippen molar-refractivity contribution in [3.63, 3.8) is 0 Å². The number of carbonyl (C=O) groups is 1. The third-order valence-electron chi connectivity index (χ3n) is 3.17. The van der Waals surface area contributed by atoms with Crippen molar-refractivity contribution in [1.29, 1.82) is 0 Å². The van der Waals surface area contributed by atoms with Gasteiger partial charge < -0.3 is 10.6 Å². The van der Waals surface area contributed by atoms with Crippen LogP contribution in [0, 0.1) is 5.92 Å². The highest BCUT2D eigenvalue weighted by atomic mass is 35.5. The molecule has 0 fully saturated rings. The SMILES string of the molecule is CCCNc1ccc(Cl)c(C(=O)NC(C)CCC(C)C)n1. The van der Waals surface area contributed by atoms with E-state index in [1.807, 2.05) is 6.92 Å². The van der Waals surface area contributed by atoms with Crippen molar-refractivity contribution in [2.45, 2.75) is 53.0 Å². The molecule has 4 nitrogen and oxygen atoms in total. The predicted octanol–water partition coefficient (Wildman–Crippen LogP) is 4.11. The minimum Gasteiger partial charge on any atom is -0.370 e. The second kappa shape index (κ2) is 8.88. The first-order valence-corrected chi connectivity index (χ1v) is 8.03. The first-order chi connectivity index (χ1) is 9.93. The van der Waals surface area contributed by atoms with E-state index in [0.717, 1.165) is 25.8 Å². The Balaban J connectivity index is 2.67. The van der Waals surface area contributed by atoms with Gasteiger partial charge in [0.15, 0.2) is 0 Å². The molecular formula is C16H26ClN3O. The van der Waals surface area contributed by atoms with Gasteiger partial charge in [-0.15, -0.1) is 0 Å². The maximum Gasteiger partial charge on any atom is 0.271 e. The Kier molecular flexibility index (Phi) is 7.51. The summed E-state index contributed by atoms with van der Waals surface area (Å²) in [7, 11) is 0. The predicted molar refractivity (Wildman–Crippen MR) is 89.0 cm³/mol. The first-order valence-electron chi connectivity index (χ1n) is 7.65. The molecule has 0 saturated heterocycles. The van der Waals surface area contributed by atoms with Gasteiger partial charge in [0.2, 0.25) is 0 Å². The fourth-order valence-corrected chi connectivity index (χ4v) is 2.09. The van der Waals surface area contributed by atoms with Gasteiger partial charge in [0.25, 0.3) is 5.91 Å². The van der Waals surface area contributed by atoms with Gasteiger partial charge in [0.1, 0.15) is 11.5 Å². The van der Waals surface area contributed by atoms with E-state index in [2.05, 4.69) is 36.4 Å². The lowest BCUT2D eigenvalue weighted by Gasteiger charge is -2.15. The van der Waals surface area contributed by atoms with Crippen molar-refractivity contribution in [3.05, 3.63) is 22.8 Å². The summed E-state index contributed by atoms with van der Waals surface area (Å²) in [5.74, 6) is 1.10. The minimum atomic E-state index is -0.212. The normalized spacial score (nSPS) is 12.3. The van der Waals surface area contributed by atoms with Gasteiger partial charge in [-0.1, -0.05) is 32.4 Å². The number of carbonyl (C=O) groups excluding carboxylic acids is 1. The number of hydrogen-bond donors (Lipinski definition) is 2. The van der Waals surface area contributed by atoms with Gasteiger partial charge in [-0.05, 0) is 44.2 Å². The Morgan fingerprint density at radius 1 is 1.29 bits per heavy atom. The highest BCUT2D eigenvalue weighted by Crippen LogP contribution is 2.17. The molecule has 5 heteroatoms. The monoisotopic (exact) mass is 311 g/mol. The van der Waals surface area contributed by atoms with Crippen LogP contribution in [-0.2, 0) is 0 Å². The Bertz CT molecular complexity index is 463. The standard InChI is InChI=1S/C16H26ClN3O/c1-5-10-18-14-9-8-13(17)15(20-14)16(21)19-12(4)7-6-11(2)3/h8-9,11-12H,5-7,10H2,1-4H3,(H,18,20)(H,19,21). The van der Waals surface area contributed by atoms with Crippen molar-refractivity contribution in [2.75, 3.05) is 11.9 Å². The van der Waals surface area contributed by atoms with Crippen LogP contribution in [-0.4, -0.2) is 23.5 Å². The number of nitrogens with zero attached hydrogens (tertiary/aromatic N) is 1. The van der Waals surface area contributed by atoms with Crippen LogP contribution in [0.4, 0.5) is 5.82 Å². The molecule has 1 aromatic heterocycles. The number of nitrogens with one attached hydrogen (secondary N) is 2. The second-order valence-electron chi connectivity index (χ2n) is 5.80. The molecule has 0 bridgehead atoms. The largest absolute Gasteiger partial charge is 0.370 e. The number of aromatic nitrogens is 1. The van der Waals surface area contributed by atoms with Crippen LogP contribution in [0.25, 0.3) is 0 Å². The van der Waals surface area contributed by atoms with Crippen molar-refractivity contribution in [1.82, 2.24) is 10.3 Å². The number of amides is 1. The Hall–Kier alpha value is -1.29. The average molecular weight is 312 g/mol. The lowest BCUT2D eigenvalue weighted by atomic mass is 10.0. The van der Waals surface area contributed by atoms with Gasteiger partial charge >= 0.3 is 0 Å². The molecule has 21 heavy (non-hydrogen) atoms. The van der Waals surface area contributed by atoms with Crippen LogP contribution in [0.3, 0.4) is 0 Å². The van der Waals surface area contributed by atoms with E-state index in [0.29, 0.717) is 16.8 Å². The smallest absolute Gasteiger partial charge is 0.271 e. The highest BCUT2D eigenvalue weighted by molar-refractivity contribution is 6.33. The molecule has 1 amide bonds. The number of pyridine rings is 1. The molecular weight excluding hydrogens is 286 g/mol. The van der Waals surface area contributed by atoms with Crippen LogP contribution >= 0.6 is 11.6 Å². The van der Waals surface area contributed by atoms with E-state index in [4.69, 9.17) is 11.6 Å². The molecule has 1 unspecified atom stereocenters. The summed E-state index contributed by atoms with van der Waals surface area (Å²) in [6.07, 6.45) is 3.04. The fourth-order valence-electron chi connectivity index (χ4n) is 1.90. The minimum absolute atomic E-state index is 0.116. The van der Waals surface area contributed by atoms with Crippen LogP contribution in [0.1, 0.15) is 57.4 Å². The Morgan fingerprint density at radius 2 is 2.00 bits per heavy atom. The van der Waals surface area contributed by atoms with E-state index in [1.54, 1.807) is 12.1 Å². The molecule has 0 aliphatic carbocycles. The van der Waals surface area contributed by atoms with Gasteiger partial charge in [-0.3, -0.25) is 4.79 Å². The van der Waals surface area contributed by atoms with Gasteiger partial charge in [-0.25, -0.2) is 4.98 Å².